The molecule has 0 spiro atoms. The number of aromatic nitrogens is 2. The van der Waals surface area contributed by atoms with E-state index >= 15 is 0 Å². The minimum absolute atomic E-state index is 0.0368. The van der Waals surface area contributed by atoms with E-state index in [2.05, 4.69) is 4.90 Å². The van der Waals surface area contributed by atoms with E-state index in [1.54, 1.807) is 4.68 Å². The Labute approximate surface area is 174 Å². The lowest BCUT2D eigenvalue weighted by molar-refractivity contribution is 0.0606. The SMILES string of the molecule is O=C(c1cc(-c2ccc(Cl)cc2)nn1-c1ccccc1)N1CCN(CCO)CC1. The van der Waals surface area contributed by atoms with E-state index in [-0.39, 0.29) is 12.5 Å². The lowest BCUT2D eigenvalue weighted by Crippen LogP contribution is -2.49. The molecule has 2 aromatic carbocycles. The molecule has 1 N–H and O–H groups in total. The van der Waals surface area contributed by atoms with E-state index < -0.39 is 0 Å². The van der Waals surface area contributed by atoms with Crippen molar-refractivity contribution >= 4 is 17.5 Å². The average Bonchev–Trinajstić information content (AvgIpc) is 3.21. The number of aliphatic hydroxyl groups is 1. The monoisotopic (exact) mass is 410 g/mol. The molecule has 0 unspecified atom stereocenters. The normalized spacial score (nSPS) is 14.9. The van der Waals surface area contributed by atoms with Crippen molar-refractivity contribution in [3.8, 4) is 16.9 Å². The van der Waals surface area contributed by atoms with Gasteiger partial charge >= 0.3 is 0 Å². The largest absolute Gasteiger partial charge is 0.395 e. The molecule has 7 heteroatoms. The van der Waals surface area contributed by atoms with Crippen molar-refractivity contribution in [3.63, 3.8) is 0 Å². The summed E-state index contributed by atoms with van der Waals surface area (Å²) in [7, 11) is 0. The number of piperazine rings is 1. The molecule has 3 aromatic rings. The predicted molar refractivity (Wildman–Crippen MR) is 113 cm³/mol. The summed E-state index contributed by atoms with van der Waals surface area (Å²) in [6, 6.07) is 19.0. The summed E-state index contributed by atoms with van der Waals surface area (Å²) in [6.45, 7) is 3.57. The van der Waals surface area contributed by atoms with Crippen LogP contribution in [0.5, 0.6) is 0 Å². The van der Waals surface area contributed by atoms with Gasteiger partial charge in [0.05, 0.1) is 18.0 Å². The van der Waals surface area contributed by atoms with Crippen LogP contribution in [0.2, 0.25) is 5.02 Å². The molecule has 0 aliphatic carbocycles. The summed E-state index contributed by atoms with van der Waals surface area (Å²) in [5, 5.41) is 14.5. The van der Waals surface area contributed by atoms with Gasteiger partial charge in [-0.25, -0.2) is 4.68 Å². The van der Waals surface area contributed by atoms with E-state index in [0.29, 0.717) is 30.4 Å². The van der Waals surface area contributed by atoms with E-state index in [1.165, 1.54) is 0 Å². The predicted octanol–water partition coefficient (Wildman–Crippen LogP) is 2.94. The summed E-state index contributed by atoms with van der Waals surface area (Å²) >= 11 is 6.01. The summed E-state index contributed by atoms with van der Waals surface area (Å²) in [5.41, 5.74) is 3.02. The zero-order chi connectivity index (χ0) is 20.2. The van der Waals surface area contributed by atoms with Gasteiger partial charge in [0, 0.05) is 43.3 Å². The van der Waals surface area contributed by atoms with Gasteiger partial charge in [-0.05, 0) is 30.3 Å². The minimum Gasteiger partial charge on any atom is -0.395 e. The van der Waals surface area contributed by atoms with E-state index in [0.717, 1.165) is 30.0 Å². The first kappa shape index (κ1) is 19.6. The van der Waals surface area contributed by atoms with Gasteiger partial charge in [0.1, 0.15) is 5.69 Å². The Balaban J connectivity index is 1.66. The molecular formula is C22H23ClN4O2. The van der Waals surface area contributed by atoms with Gasteiger partial charge in [0.25, 0.3) is 5.91 Å². The lowest BCUT2D eigenvalue weighted by atomic mass is 10.1. The van der Waals surface area contributed by atoms with Gasteiger partial charge in [0.2, 0.25) is 0 Å². The molecule has 0 radical (unpaired) electrons. The fourth-order valence-corrected chi connectivity index (χ4v) is 3.67. The molecule has 1 aliphatic heterocycles. The van der Waals surface area contributed by atoms with Crippen LogP contribution in [0, 0.1) is 0 Å². The molecule has 0 bridgehead atoms. The Kier molecular flexibility index (Phi) is 5.94. The summed E-state index contributed by atoms with van der Waals surface area (Å²) in [6.07, 6.45) is 0. The van der Waals surface area contributed by atoms with Crippen LogP contribution in [0.1, 0.15) is 10.5 Å². The number of amides is 1. The molecule has 0 saturated carbocycles. The zero-order valence-electron chi connectivity index (χ0n) is 16.0. The highest BCUT2D eigenvalue weighted by Crippen LogP contribution is 2.24. The third-order valence-electron chi connectivity index (χ3n) is 5.14. The number of rotatable bonds is 5. The highest BCUT2D eigenvalue weighted by Gasteiger charge is 2.26. The topological polar surface area (TPSA) is 61.6 Å². The van der Waals surface area contributed by atoms with Crippen molar-refractivity contribution in [3.05, 3.63) is 71.4 Å². The molecule has 2 heterocycles. The van der Waals surface area contributed by atoms with Crippen LogP contribution in [0.4, 0.5) is 0 Å². The quantitative estimate of drug-likeness (QED) is 0.702. The van der Waals surface area contributed by atoms with Crippen molar-refractivity contribution in [2.75, 3.05) is 39.3 Å². The van der Waals surface area contributed by atoms with Crippen LogP contribution >= 0.6 is 11.6 Å². The standard InChI is InChI=1S/C22H23ClN4O2/c23-18-8-6-17(7-9-18)20-16-21(27(24-20)19-4-2-1-3-5-19)22(29)26-12-10-25(11-13-26)14-15-28/h1-9,16,28H,10-15H2. The highest BCUT2D eigenvalue weighted by atomic mass is 35.5. The maximum atomic E-state index is 13.3. The van der Waals surface area contributed by atoms with E-state index in [1.807, 2.05) is 65.6 Å². The molecule has 0 atom stereocenters. The summed E-state index contributed by atoms with van der Waals surface area (Å²) < 4.78 is 1.71. The Morgan fingerprint density at radius 1 is 1.00 bits per heavy atom. The Morgan fingerprint density at radius 2 is 1.69 bits per heavy atom. The van der Waals surface area contributed by atoms with Crippen LogP contribution in [0.3, 0.4) is 0 Å². The molecule has 150 valence electrons. The van der Waals surface area contributed by atoms with Crippen molar-refractivity contribution in [1.82, 2.24) is 19.6 Å². The number of aliphatic hydroxyl groups excluding tert-OH is 1. The molecular weight excluding hydrogens is 388 g/mol. The van der Waals surface area contributed by atoms with Crippen LogP contribution in [-0.4, -0.2) is 69.9 Å². The Hall–Kier alpha value is -2.67. The van der Waals surface area contributed by atoms with Crippen LogP contribution < -0.4 is 0 Å². The van der Waals surface area contributed by atoms with Crippen LogP contribution in [0.25, 0.3) is 16.9 Å². The molecule has 1 aromatic heterocycles. The maximum Gasteiger partial charge on any atom is 0.272 e. The number of carbonyl (C=O) groups excluding carboxylic acids is 1. The van der Waals surface area contributed by atoms with Crippen molar-refractivity contribution < 1.29 is 9.90 Å². The number of hydrogen-bond acceptors (Lipinski definition) is 4. The van der Waals surface area contributed by atoms with Gasteiger partial charge in [-0.2, -0.15) is 5.10 Å². The molecule has 1 saturated heterocycles. The number of β-amino-alcohol motifs (C(OH)–C–C–N with tert-alkyl or cyclic N) is 1. The first-order valence-electron chi connectivity index (χ1n) is 9.69. The Bertz CT molecular complexity index is 964. The molecule has 1 fully saturated rings. The molecule has 1 aliphatic rings. The highest BCUT2D eigenvalue weighted by molar-refractivity contribution is 6.30. The second kappa shape index (κ2) is 8.78. The van der Waals surface area contributed by atoms with Crippen molar-refractivity contribution in [2.24, 2.45) is 0 Å². The van der Waals surface area contributed by atoms with Gasteiger partial charge in [-0.15, -0.1) is 0 Å². The number of hydrogen-bond donors (Lipinski definition) is 1. The third kappa shape index (κ3) is 4.34. The van der Waals surface area contributed by atoms with Crippen molar-refractivity contribution in [1.29, 1.82) is 0 Å². The maximum absolute atomic E-state index is 13.3. The number of para-hydroxylation sites is 1. The average molecular weight is 411 g/mol. The number of halogens is 1. The van der Waals surface area contributed by atoms with Gasteiger partial charge in [0.15, 0.2) is 0 Å². The third-order valence-corrected chi connectivity index (χ3v) is 5.40. The molecule has 1 amide bonds. The first-order chi connectivity index (χ1) is 14.2. The summed E-state index contributed by atoms with van der Waals surface area (Å²) in [4.78, 5) is 17.4. The lowest BCUT2D eigenvalue weighted by Gasteiger charge is -2.34. The van der Waals surface area contributed by atoms with Gasteiger partial charge in [-0.1, -0.05) is 41.9 Å². The van der Waals surface area contributed by atoms with Crippen LogP contribution in [-0.2, 0) is 0 Å². The van der Waals surface area contributed by atoms with E-state index in [9.17, 15) is 4.79 Å². The molecule has 4 rings (SSSR count). The minimum atomic E-state index is -0.0368. The Morgan fingerprint density at radius 3 is 2.34 bits per heavy atom. The smallest absolute Gasteiger partial charge is 0.272 e. The second-order valence-corrected chi connectivity index (χ2v) is 7.46. The molecule has 6 nitrogen and oxygen atoms in total. The number of benzene rings is 2. The second-order valence-electron chi connectivity index (χ2n) is 7.03. The van der Waals surface area contributed by atoms with Gasteiger partial charge < -0.3 is 10.0 Å². The zero-order valence-corrected chi connectivity index (χ0v) is 16.8. The molecule has 29 heavy (non-hydrogen) atoms. The van der Waals surface area contributed by atoms with Gasteiger partial charge in [-0.3, -0.25) is 9.69 Å². The first-order valence-corrected chi connectivity index (χ1v) is 10.1. The fraction of sp³-hybridized carbons (Fsp3) is 0.273. The number of carbonyl (C=O) groups is 1. The van der Waals surface area contributed by atoms with Crippen molar-refractivity contribution in [2.45, 2.75) is 0 Å². The van der Waals surface area contributed by atoms with Crippen LogP contribution in [0.15, 0.2) is 60.7 Å². The van der Waals surface area contributed by atoms with E-state index in [4.69, 9.17) is 21.8 Å². The fourth-order valence-electron chi connectivity index (χ4n) is 3.54. The number of nitrogens with zero attached hydrogens (tertiary/aromatic N) is 4. The summed E-state index contributed by atoms with van der Waals surface area (Å²) in [5.74, 6) is -0.0368.